The van der Waals surface area contributed by atoms with Crippen LogP contribution in [0, 0.1) is 0 Å². The lowest BCUT2D eigenvalue weighted by molar-refractivity contribution is 0.704. The third-order valence-electron chi connectivity index (χ3n) is 6.63. The van der Waals surface area contributed by atoms with Crippen molar-refractivity contribution in [1.82, 2.24) is 9.55 Å². The Morgan fingerprint density at radius 3 is 2.39 bits per heavy atom. The summed E-state index contributed by atoms with van der Waals surface area (Å²) in [6, 6.07) is 40.5. The van der Waals surface area contributed by atoms with Gasteiger partial charge in [0.05, 0.1) is 17.3 Å². The Bertz CT molecular complexity index is 1680. The average molecular weight is 485 g/mol. The molecule has 36 heavy (non-hydrogen) atoms. The Kier molecular flexibility index (Phi) is 6.11. The molecular formula is C33H25ClN2. The van der Waals surface area contributed by atoms with Crippen molar-refractivity contribution < 1.29 is 0 Å². The highest BCUT2D eigenvalue weighted by Gasteiger charge is 2.18. The fourth-order valence-electron chi connectivity index (χ4n) is 4.84. The van der Waals surface area contributed by atoms with Crippen LogP contribution in [0.15, 0.2) is 121 Å². The normalized spacial score (nSPS) is 12.5. The Hall–Kier alpha value is -4.14. The molecule has 1 atom stereocenters. The minimum absolute atomic E-state index is 0.0430. The Labute approximate surface area is 216 Å². The SMILES string of the molecule is ClCc1ccc2ccn(C(c3ccccc3)c3cccc(/C=C/c4ccc5ccccc5n4)c3)c2c1. The summed E-state index contributed by atoms with van der Waals surface area (Å²) in [5.74, 6) is 0.500. The molecule has 2 aromatic heterocycles. The van der Waals surface area contributed by atoms with Crippen molar-refractivity contribution in [2.45, 2.75) is 11.9 Å². The van der Waals surface area contributed by atoms with Crippen LogP contribution in [-0.2, 0) is 5.88 Å². The highest BCUT2D eigenvalue weighted by Crippen LogP contribution is 2.32. The molecule has 0 saturated heterocycles. The maximum absolute atomic E-state index is 6.18. The van der Waals surface area contributed by atoms with Gasteiger partial charge >= 0.3 is 0 Å². The highest BCUT2D eigenvalue weighted by molar-refractivity contribution is 6.17. The molecule has 0 radical (unpaired) electrons. The zero-order valence-corrected chi connectivity index (χ0v) is 20.5. The number of fused-ring (bicyclic) bond motifs is 2. The van der Waals surface area contributed by atoms with Gasteiger partial charge in [0.25, 0.3) is 0 Å². The number of halogens is 1. The molecule has 4 aromatic carbocycles. The standard InChI is InChI=1S/C33H25ClN2/c34-23-25-13-15-27-19-20-36(32(27)22-25)33(28-9-2-1-3-10-28)29-11-6-7-24(21-29)14-17-30-18-16-26-8-4-5-12-31(26)35-30/h1-22,33H,23H2/b17-14+. The Balaban J connectivity index is 1.41. The number of nitrogens with zero attached hydrogens (tertiary/aromatic N) is 2. The van der Waals surface area contributed by atoms with Gasteiger partial charge in [-0.2, -0.15) is 0 Å². The van der Waals surface area contributed by atoms with Crippen LogP contribution in [-0.4, -0.2) is 9.55 Å². The molecule has 0 saturated carbocycles. The smallest absolute Gasteiger partial charge is 0.0839 e. The molecular weight excluding hydrogens is 460 g/mol. The number of benzene rings is 4. The van der Waals surface area contributed by atoms with Crippen LogP contribution >= 0.6 is 11.6 Å². The fraction of sp³-hybridized carbons (Fsp3) is 0.0606. The first kappa shape index (κ1) is 22.3. The maximum atomic E-state index is 6.18. The summed E-state index contributed by atoms with van der Waals surface area (Å²) in [7, 11) is 0. The fourth-order valence-corrected chi connectivity index (χ4v) is 5.01. The number of aromatic nitrogens is 2. The van der Waals surface area contributed by atoms with Gasteiger partial charge in [0, 0.05) is 23.0 Å². The lowest BCUT2D eigenvalue weighted by atomic mass is 9.96. The molecule has 3 heteroatoms. The third kappa shape index (κ3) is 4.44. The molecule has 2 heterocycles. The average Bonchev–Trinajstić information content (AvgIpc) is 3.35. The summed E-state index contributed by atoms with van der Waals surface area (Å²) >= 11 is 6.18. The van der Waals surface area contributed by atoms with E-state index in [0.29, 0.717) is 5.88 Å². The Morgan fingerprint density at radius 2 is 1.50 bits per heavy atom. The summed E-state index contributed by atoms with van der Waals surface area (Å²) in [5.41, 5.74) is 7.87. The number of alkyl halides is 1. The summed E-state index contributed by atoms with van der Waals surface area (Å²) in [4.78, 5) is 4.78. The van der Waals surface area contributed by atoms with Crippen molar-refractivity contribution in [2.24, 2.45) is 0 Å². The van der Waals surface area contributed by atoms with E-state index in [9.17, 15) is 0 Å². The van der Waals surface area contributed by atoms with Crippen LogP contribution in [0.5, 0.6) is 0 Å². The number of rotatable bonds is 6. The predicted molar refractivity (Wildman–Crippen MR) is 152 cm³/mol. The number of hydrogen-bond acceptors (Lipinski definition) is 1. The quantitative estimate of drug-likeness (QED) is 0.216. The summed E-state index contributed by atoms with van der Waals surface area (Å²) in [6.07, 6.45) is 6.41. The largest absolute Gasteiger partial charge is 0.336 e. The van der Waals surface area contributed by atoms with E-state index in [1.807, 2.05) is 12.1 Å². The highest BCUT2D eigenvalue weighted by atomic mass is 35.5. The lowest BCUT2D eigenvalue weighted by Crippen LogP contribution is -2.11. The van der Waals surface area contributed by atoms with E-state index in [4.69, 9.17) is 16.6 Å². The molecule has 2 nitrogen and oxygen atoms in total. The molecule has 0 amide bonds. The van der Waals surface area contributed by atoms with Crippen molar-refractivity contribution in [1.29, 1.82) is 0 Å². The van der Waals surface area contributed by atoms with Gasteiger partial charge in [0.1, 0.15) is 0 Å². The monoisotopic (exact) mass is 484 g/mol. The molecule has 0 bridgehead atoms. The first-order valence-corrected chi connectivity index (χ1v) is 12.7. The van der Waals surface area contributed by atoms with Gasteiger partial charge in [0.2, 0.25) is 0 Å². The Morgan fingerprint density at radius 1 is 0.694 bits per heavy atom. The molecule has 6 rings (SSSR count). The van der Waals surface area contributed by atoms with Gasteiger partial charge in [-0.25, -0.2) is 4.98 Å². The van der Waals surface area contributed by atoms with Crippen molar-refractivity contribution >= 4 is 45.6 Å². The number of pyridine rings is 1. The molecule has 0 aliphatic heterocycles. The van der Waals surface area contributed by atoms with E-state index in [1.165, 1.54) is 22.0 Å². The second-order valence-electron chi connectivity index (χ2n) is 9.00. The van der Waals surface area contributed by atoms with Crippen LogP contribution in [0.3, 0.4) is 0 Å². The van der Waals surface area contributed by atoms with Crippen molar-refractivity contribution in [3.05, 3.63) is 149 Å². The van der Waals surface area contributed by atoms with Crippen molar-refractivity contribution in [3.63, 3.8) is 0 Å². The second kappa shape index (κ2) is 9.85. The van der Waals surface area contributed by atoms with Crippen LogP contribution in [0.2, 0.25) is 0 Å². The molecule has 0 aliphatic carbocycles. The summed E-state index contributed by atoms with van der Waals surface area (Å²) < 4.78 is 2.36. The van der Waals surface area contributed by atoms with Gasteiger partial charge in [-0.3, -0.25) is 0 Å². The lowest BCUT2D eigenvalue weighted by Gasteiger charge is -2.22. The first-order chi connectivity index (χ1) is 17.8. The minimum atomic E-state index is 0.0430. The maximum Gasteiger partial charge on any atom is 0.0839 e. The van der Waals surface area contributed by atoms with Crippen LogP contribution in [0.1, 0.15) is 34.0 Å². The van der Waals surface area contributed by atoms with Crippen molar-refractivity contribution in [2.75, 3.05) is 0 Å². The molecule has 1 unspecified atom stereocenters. The van der Waals surface area contributed by atoms with E-state index in [2.05, 4.69) is 126 Å². The van der Waals surface area contributed by atoms with E-state index < -0.39 is 0 Å². The van der Waals surface area contributed by atoms with Gasteiger partial charge in [0.15, 0.2) is 0 Å². The molecule has 0 N–H and O–H groups in total. The number of para-hydroxylation sites is 1. The first-order valence-electron chi connectivity index (χ1n) is 12.1. The van der Waals surface area contributed by atoms with Gasteiger partial charge in [-0.15, -0.1) is 11.6 Å². The molecule has 6 aromatic rings. The van der Waals surface area contributed by atoms with Crippen molar-refractivity contribution in [3.8, 4) is 0 Å². The van der Waals surface area contributed by atoms with Crippen LogP contribution in [0.4, 0.5) is 0 Å². The predicted octanol–water partition coefficient (Wildman–Crippen LogP) is 8.74. The second-order valence-corrected chi connectivity index (χ2v) is 9.26. The van der Waals surface area contributed by atoms with Gasteiger partial charge in [-0.1, -0.05) is 91.0 Å². The summed E-state index contributed by atoms with van der Waals surface area (Å²) in [6.45, 7) is 0. The van der Waals surface area contributed by atoms with E-state index in [-0.39, 0.29) is 6.04 Å². The van der Waals surface area contributed by atoms with E-state index in [0.717, 1.165) is 27.7 Å². The van der Waals surface area contributed by atoms with Crippen LogP contribution in [0.25, 0.3) is 34.0 Å². The summed E-state index contributed by atoms with van der Waals surface area (Å²) in [5, 5.41) is 2.36. The van der Waals surface area contributed by atoms with E-state index >= 15 is 0 Å². The van der Waals surface area contributed by atoms with Crippen LogP contribution < -0.4 is 0 Å². The molecule has 174 valence electrons. The zero-order chi connectivity index (χ0) is 24.3. The molecule has 0 spiro atoms. The zero-order valence-electron chi connectivity index (χ0n) is 19.8. The molecule has 0 fully saturated rings. The minimum Gasteiger partial charge on any atom is -0.336 e. The number of hydrogen-bond donors (Lipinski definition) is 0. The van der Waals surface area contributed by atoms with Gasteiger partial charge in [-0.05, 0) is 64.0 Å². The topological polar surface area (TPSA) is 17.8 Å². The third-order valence-corrected chi connectivity index (χ3v) is 6.94. The van der Waals surface area contributed by atoms with Gasteiger partial charge < -0.3 is 4.57 Å². The van der Waals surface area contributed by atoms with E-state index in [1.54, 1.807) is 0 Å². The molecule has 0 aliphatic rings.